The molecule has 5 rings (SSSR count). The first kappa shape index (κ1) is 23.5. The Hall–Kier alpha value is -3.27. The number of benzene rings is 2. The van der Waals surface area contributed by atoms with Crippen LogP contribution in [0, 0.1) is 0 Å². The molecule has 0 aromatic heterocycles. The first-order valence-corrected chi connectivity index (χ1v) is 11.8. The van der Waals surface area contributed by atoms with Gasteiger partial charge in [-0.2, -0.15) is 0 Å². The van der Waals surface area contributed by atoms with Gasteiger partial charge in [-0.3, -0.25) is 29.1 Å². The van der Waals surface area contributed by atoms with Gasteiger partial charge in [-0.15, -0.1) is 0 Å². The van der Waals surface area contributed by atoms with Gasteiger partial charge in [-0.05, 0) is 41.8 Å². The molecular formula is C26H30N4O5. The van der Waals surface area contributed by atoms with E-state index in [1.165, 1.54) is 11.8 Å². The van der Waals surface area contributed by atoms with Gasteiger partial charge >= 0.3 is 0 Å². The molecule has 2 N–H and O–H groups in total. The van der Waals surface area contributed by atoms with Crippen molar-refractivity contribution in [3.63, 3.8) is 0 Å². The molecule has 3 saturated heterocycles. The maximum atomic E-state index is 13.8. The zero-order valence-corrected chi connectivity index (χ0v) is 19.9. The standard InChI is InChI=1S/C26H30N4O5/c1-17(31)27-20-7-3-18(4-8-20)12-28-15-26(16-28)25(34)29(13-19-5-9-22(35-2)10-6-19)24(33)23-11-21(32)14-30(23)26/h3-10,21,23,32H,11-16H2,1-2H3,(H,27,31). The van der Waals surface area contributed by atoms with Crippen molar-refractivity contribution in [3.05, 3.63) is 59.7 Å². The number of methoxy groups -OCH3 is 1. The Bertz CT molecular complexity index is 1130. The van der Waals surface area contributed by atoms with Crippen LogP contribution in [-0.4, -0.2) is 82.0 Å². The number of nitrogens with zero attached hydrogens (tertiary/aromatic N) is 3. The fourth-order valence-corrected chi connectivity index (χ4v) is 5.52. The first-order valence-electron chi connectivity index (χ1n) is 11.8. The van der Waals surface area contributed by atoms with Gasteiger partial charge in [0.05, 0.1) is 25.8 Å². The molecule has 0 aliphatic carbocycles. The molecule has 184 valence electrons. The molecule has 2 aromatic rings. The van der Waals surface area contributed by atoms with Crippen LogP contribution in [-0.2, 0) is 27.5 Å². The summed E-state index contributed by atoms with van der Waals surface area (Å²) in [5.41, 5.74) is 1.86. The van der Waals surface area contributed by atoms with E-state index in [1.54, 1.807) is 7.11 Å². The molecule has 3 heterocycles. The minimum absolute atomic E-state index is 0.116. The van der Waals surface area contributed by atoms with Crippen molar-refractivity contribution >= 4 is 23.4 Å². The number of nitrogens with one attached hydrogen (secondary N) is 1. The van der Waals surface area contributed by atoms with Crippen molar-refractivity contribution < 1.29 is 24.2 Å². The summed E-state index contributed by atoms with van der Waals surface area (Å²) in [7, 11) is 1.59. The summed E-state index contributed by atoms with van der Waals surface area (Å²) in [6.07, 6.45) is -0.276. The quantitative estimate of drug-likeness (QED) is 0.602. The van der Waals surface area contributed by atoms with E-state index in [0.717, 1.165) is 16.8 Å². The number of likely N-dealkylation sites (tertiary alicyclic amines) is 1. The van der Waals surface area contributed by atoms with Gasteiger partial charge < -0.3 is 15.2 Å². The molecule has 1 spiro atoms. The highest BCUT2D eigenvalue weighted by Gasteiger charge is 2.64. The van der Waals surface area contributed by atoms with E-state index in [4.69, 9.17) is 4.74 Å². The number of aliphatic hydroxyl groups is 1. The zero-order valence-electron chi connectivity index (χ0n) is 19.9. The van der Waals surface area contributed by atoms with Crippen LogP contribution in [0.5, 0.6) is 5.75 Å². The molecular weight excluding hydrogens is 448 g/mol. The lowest BCUT2D eigenvalue weighted by atomic mass is 9.82. The summed E-state index contributed by atoms with van der Waals surface area (Å²) in [5.74, 6) is 0.168. The topological polar surface area (TPSA) is 102 Å². The van der Waals surface area contributed by atoms with Crippen LogP contribution >= 0.6 is 0 Å². The molecule has 3 aliphatic heterocycles. The van der Waals surface area contributed by atoms with Crippen molar-refractivity contribution in [1.82, 2.24) is 14.7 Å². The Labute approximate surface area is 204 Å². The molecule has 0 bridgehead atoms. The zero-order chi connectivity index (χ0) is 24.7. The van der Waals surface area contributed by atoms with E-state index in [2.05, 4.69) is 10.2 Å². The highest BCUT2D eigenvalue weighted by Crippen LogP contribution is 2.41. The maximum absolute atomic E-state index is 13.8. The van der Waals surface area contributed by atoms with Crippen LogP contribution in [0.4, 0.5) is 5.69 Å². The summed E-state index contributed by atoms with van der Waals surface area (Å²) >= 11 is 0. The van der Waals surface area contributed by atoms with E-state index in [-0.39, 0.29) is 24.3 Å². The average molecular weight is 479 g/mol. The lowest BCUT2D eigenvalue weighted by Crippen LogP contribution is -2.81. The molecule has 3 amide bonds. The van der Waals surface area contributed by atoms with Crippen molar-refractivity contribution in [2.75, 3.05) is 32.1 Å². The number of carbonyl (C=O) groups is 3. The number of β-amino-alcohol motifs (C(OH)–C–C–N with tert-alkyl or cyclic N) is 1. The molecule has 9 heteroatoms. The first-order chi connectivity index (χ1) is 16.8. The van der Waals surface area contributed by atoms with Crippen molar-refractivity contribution in [3.8, 4) is 5.75 Å². The molecule has 3 aliphatic rings. The number of ether oxygens (including phenoxy) is 1. The van der Waals surface area contributed by atoms with Crippen LogP contribution in [0.25, 0.3) is 0 Å². The van der Waals surface area contributed by atoms with Crippen LogP contribution in [0.15, 0.2) is 48.5 Å². The Morgan fingerprint density at radius 2 is 1.69 bits per heavy atom. The van der Waals surface area contributed by atoms with Crippen LogP contribution in [0.3, 0.4) is 0 Å². The Morgan fingerprint density at radius 3 is 2.31 bits per heavy atom. The fourth-order valence-electron chi connectivity index (χ4n) is 5.52. The molecule has 2 aromatic carbocycles. The number of carbonyl (C=O) groups excluding carboxylic acids is 3. The van der Waals surface area contributed by atoms with Crippen LogP contribution < -0.4 is 10.1 Å². The lowest BCUT2D eigenvalue weighted by Gasteiger charge is -2.58. The van der Waals surface area contributed by atoms with Gasteiger partial charge in [0.1, 0.15) is 11.3 Å². The highest BCUT2D eigenvalue weighted by molar-refractivity contribution is 6.06. The third-order valence-electron chi connectivity index (χ3n) is 7.17. The Balaban J connectivity index is 1.32. The highest BCUT2D eigenvalue weighted by atomic mass is 16.5. The van der Waals surface area contributed by atoms with E-state index < -0.39 is 17.7 Å². The van der Waals surface area contributed by atoms with E-state index in [9.17, 15) is 19.5 Å². The van der Waals surface area contributed by atoms with Gasteiger partial charge in [0.25, 0.3) is 5.91 Å². The smallest absolute Gasteiger partial charge is 0.252 e. The summed E-state index contributed by atoms with van der Waals surface area (Å²) in [5, 5.41) is 13.1. The second-order valence-corrected chi connectivity index (χ2v) is 9.69. The van der Waals surface area contributed by atoms with E-state index in [1.807, 2.05) is 53.4 Å². The summed E-state index contributed by atoms with van der Waals surface area (Å²) in [6, 6.07) is 14.5. The number of amides is 3. The second-order valence-electron chi connectivity index (χ2n) is 9.69. The summed E-state index contributed by atoms with van der Waals surface area (Å²) in [6.45, 7) is 3.65. The van der Waals surface area contributed by atoms with Gasteiger partial charge in [-0.25, -0.2) is 0 Å². The van der Waals surface area contributed by atoms with Gasteiger partial charge in [0.2, 0.25) is 11.8 Å². The normalized spacial score (nSPS) is 23.8. The molecule has 3 fully saturated rings. The van der Waals surface area contributed by atoms with Gasteiger partial charge in [0.15, 0.2) is 0 Å². The number of fused-ring (bicyclic) bond motifs is 2. The fraction of sp³-hybridized carbons (Fsp3) is 0.423. The predicted molar refractivity (Wildman–Crippen MR) is 128 cm³/mol. The summed E-state index contributed by atoms with van der Waals surface area (Å²) in [4.78, 5) is 43.8. The molecule has 35 heavy (non-hydrogen) atoms. The number of imide groups is 1. The van der Waals surface area contributed by atoms with E-state index in [0.29, 0.717) is 38.3 Å². The Kier molecular flexibility index (Phi) is 6.08. The number of hydrogen-bond acceptors (Lipinski definition) is 7. The monoisotopic (exact) mass is 478 g/mol. The lowest BCUT2D eigenvalue weighted by molar-refractivity contribution is -0.181. The largest absolute Gasteiger partial charge is 0.497 e. The van der Waals surface area contributed by atoms with Crippen molar-refractivity contribution in [2.45, 2.75) is 44.1 Å². The van der Waals surface area contributed by atoms with Crippen LogP contribution in [0.1, 0.15) is 24.5 Å². The van der Waals surface area contributed by atoms with E-state index >= 15 is 0 Å². The molecule has 0 saturated carbocycles. The number of rotatable bonds is 6. The predicted octanol–water partition coefficient (Wildman–Crippen LogP) is 1.21. The third kappa shape index (κ3) is 4.31. The average Bonchev–Trinajstić information content (AvgIpc) is 3.21. The second kappa shape index (κ2) is 9.07. The molecule has 9 nitrogen and oxygen atoms in total. The van der Waals surface area contributed by atoms with Crippen molar-refractivity contribution in [2.24, 2.45) is 0 Å². The molecule has 0 radical (unpaired) electrons. The number of hydrogen-bond donors (Lipinski definition) is 2. The maximum Gasteiger partial charge on any atom is 0.252 e. The SMILES string of the molecule is COc1ccc(CN2C(=O)C3CC(O)CN3C3(CN(Cc4ccc(NC(C)=O)cc4)C3)C2=O)cc1. The third-order valence-corrected chi connectivity index (χ3v) is 7.17. The number of piperazine rings is 1. The molecule has 2 atom stereocenters. The van der Waals surface area contributed by atoms with Gasteiger partial charge in [-0.1, -0.05) is 24.3 Å². The van der Waals surface area contributed by atoms with Crippen molar-refractivity contribution in [1.29, 1.82) is 0 Å². The number of anilines is 1. The Morgan fingerprint density at radius 1 is 1.06 bits per heavy atom. The number of aliphatic hydroxyl groups excluding tert-OH is 1. The molecule has 2 unspecified atom stereocenters. The minimum Gasteiger partial charge on any atom is -0.497 e. The van der Waals surface area contributed by atoms with Crippen LogP contribution in [0.2, 0.25) is 0 Å². The van der Waals surface area contributed by atoms with Gasteiger partial charge in [0, 0.05) is 38.8 Å². The summed E-state index contributed by atoms with van der Waals surface area (Å²) < 4.78 is 5.21. The minimum atomic E-state index is -0.807.